The normalized spacial score (nSPS) is 15.3. The van der Waals surface area contributed by atoms with Crippen LogP contribution in [0, 0.1) is 0 Å². The number of nitrogens with zero attached hydrogens (tertiary/aromatic N) is 3. The van der Waals surface area contributed by atoms with Gasteiger partial charge in [0.2, 0.25) is 5.91 Å². The van der Waals surface area contributed by atoms with Crippen molar-refractivity contribution in [1.82, 2.24) is 20.1 Å². The van der Waals surface area contributed by atoms with Crippen molar-refractivity contribution in [3.05, 3.63) is 24.3 Å². The molecule has 23 heavy (non-hydrogen) atoms. The van der Waals surface area contributed by atoms with E-state index in [1.807, 2.05) is 42.8 Å². The van der Waals surface area contributed by atoms with E-state index in [9.17, 15) is 4.79 Å². The van der Waals surface area contributed by atoms with Crippen LogP contribution in [0.4, 0.5) is 0 Å². The van der Waals surface area contributed by atoms with Gasteiger partial charge in [0.15, 0.2) is 11.0 Å². The highest BCUT2D eigenvalue weighted by molar-refractivity contribution is 8.00. The molecule has 3 rings (SSSR count). The lowest BCUT2D eigenvalue weighted by molar-refractivity contribution is -0.120. The topological polar surface area (TPSA) is 69.0 Å². The predicted octanol–water partition coefficient (Wildman–Crippen LogP) is 2.25. The number of ether oxygens (including phenoxy) is 1. The highest BCUT2D eigenvalue weighted by Gasteiger charge is 2.27. The molecule has 1 atom stereocenters. The number of amides is 1. The van der Waals surface area contributed by atoms with Crippen LogP contribution < -0.4 is 10.1 Å². The Balaban J connectivity index is 1.77. The second-order valence-electron chi connectivity index (χ2n) is 5.61. The zero-order valence-electron chi connectivity index (χ0n) is 13.4. The Bertz CT molecular complexity index is 712. The lowest BCUT2D eigenvalue weighted by Crippen LogP contribution is -2.32. The van der Waals surface area contributed by atoms with Crippen molar-refractivity contribution in [1.29, 1.82) is 0 Å². The number of methoxy groups -OCH3 is 1. The minimum absolute atomic E-state index is 0.0549. The van der Waals surface area contributed by atoms with Crippen LogP contribution in [0.2, 0.25) is 0 Å². The lowest BCUT2D eigenvalue weighted by atomic mass is 10.2. The van der Waals surface area contributed by atoms with Crippen molar-refractivity contribution in [2.45, 2.75) is 36.2 Å². The molecule has 0 radical (unpaired) electrons. The van der Waals surface area contributed by atoms with Crippen LogP contribution in [0.25, 0.3) is 11.4 Å². The Morgan fingerprint density at radius 1 is 1.39 bits per heavy atom. The first kappa shape index (κ1) is 15.9. The summed E-state index contributed by atoms with van der Waals surface area (Å²) in [6.45, 7) is 1.89. The van der Waals surface area contributed by atoms with Crippen LogP contribution in [0.15, 0.2) is 29.4 Å². The van der Waals surface area contributed by atoms with E-state index in [2.05, 4.69) is 15.5 Å². The molecule has 1 saturated carbocycles. The largest absolute Gasteiger partial charge is 0.496 e. The first-order chi connectivity index (χ1) is 11.1. The van der Waals surface area contributed by atoms with Crippen molar-refractivity contribution in [3.63, 3.8) is 0 Å². The van der Waals surface area contributed by atoms with Gasteiger partial charge in [-0.3, -0.25) is 4.79 Å². The molecule has 1 N–H and O–H groups in total. The van der Waals surface area contributed by atoms with Crippen LogP contribution in [-0.2, 0) is 11.8 Å². The predicted molar refractivity (Wildman–Crippen MR) is 89.5 cm³/mol. The van der Waals surface area contributed by atoms with E-state index in [0.717, 1.165) is 30.0 Å². The molecule has 1 aromatic carbocycles. The van der Waals surface area contributed by atoms with Gasteiger partial charge in [0, 0.05) is 13.1 Å². The summed E-state index contributed by atoms with van der Waals surface area (Å²) >= 11 is 1.41. The van der Waals surface area contributed by atoms with Gasteiger partial charge in [0.05, 0.1) is 17.9 Å². The average molecular weight is 332 g/mol. The van der Waals surface area contributed by atoms with Crippen molar-refractivity contribution < 1.29 is 9.53 Å². The fraction of sp³-hybridized carbons (Fsp3) is 0.438. The molecule has 0 saturated heterocycles. The highest BCUT2D eigenvalue weighted by atomic mass is 32.2. The molecule has 0 bridgehead atoms. The Kier molecular flexibility index (Phi) is 4.56. The number of carbonyl (C=O) groups is 1. The van der Waals surface area contributed by atoms with Gasteiger partial charge < -0.3 is 14.6 Å². The number of hydrogen-bond donors (Lipinski definition) is 1. The van der Waals surface area contributed by atoms with Crippen molar-refractivity contribution in [3.8, 4) is 17.1 Å². The maximum absolute atomic E-state index is 12.1. The fourth-order valence-corrected chi connectivity index (χ4v) is 3.06. The summed E-state index contributed by atoms with van der Waals surface area (Å²) in [6, 6.07) is 8.06. The molecular formula is C16H20N4O2S. The van der Waals surface area contributed by atoms with E-state index >= 15 is 0 Å². The molecule has 122 valence electrons. The third-order valence-corrected chi connectivity index (χ3v) is 4.89. The molecule has 6 nitrogen and oxygen atoms in total. The number of aromatic nitrogens is 3. The van der Waals surface area contributed by atoms with Crippen LogP contribution in [0.3, 0.4) is 0 Å². The maximum atomic E-state index is 12.1. The van der Waals surface area contributed by atoms with Crippen LogP contribution in [0.1, 0.15) is 19.8 Å². The summed E-state index contributed by atoms with van der Waals surface area (Å²) in [5.41, 5.74) is 0.881. The summed E-state index contributed by atoms with van der Waals surface area (Å²) in [5.74, 6) is 1.53. The second kappa shape index (κ2) is 6.62. The Morgan fingerprint density at radius 2 is 2.13 bits per heavy atom. The molecule has 1 amide bonds. The van der Waals surface area contributed by atoms with Crippen molar-refractivity contribution >= 4 is 17.7 Å². The van der Waals surface area contributed by atoms with Gasteiger partial charge in [0.1, 0.15) is 5.75 Å². The molecule has 2 aromatic rings. The summed E-state index contributed by atoms with van der Waals surface area (Å²) in [5, 5.41) is 12.0. The molecule has 1 heterocycles. The fourth-order valence-electron chi connectivity index (χ4n) is 2.24. The minimum atomic E-state index is -0.205. The first-order valence-corrected chi connectivity index (χ1v) is 8.48. The smallest absolute Gasteiger partial charge is 0.233 e. The summed E-state index contributed by atoms with van der Waals surface area (Å²) in [4.78, 5) is 12.1. The van der Waals surface area contributed by atoms with Crippen LogP contribution in [0.5, 0.6) is 5.75 Å². The number of rotatable bonds is 6. The molecule has 7 heteroatoms. The second-order valence-corrected chi connectivity index (χ2v) is 6.92. The number of carbonyl (C=O) groups excluding carboxylic acids is 1. The van der Waals surface area contributed by atoms with Crippen molar-refractivity contribution in [2.75, 3.05) is 7.11 Å². The summed E-state index contributed by atoms with van der Waals surface area (Å²) < 4.78 is 7.27. The summed E-state index contributed by atoms with van der Waals surface area (Å²) in [7, 11) is 3.53. The Morgan fingerprint density at radius 3 is 2.83 bits per heavy atom. The maximum Gasteiger partial charge on any atom is 0.233 e. The molecule has 1 fully saturated rings. The quantitative estimate of drug-likeness (QED) is 0.822. The average Bonchev–Trinajstić information content (AvgIpc) is 3.30. The van der Waals surface area contributed by atoms with E-state index in [-0.39, 0.29) is 11.2 Å². The number of thioether (sulfide) groups is 1. The van der Waals surface area contributed by atoms with Gasteiger partial charge in [-0.2, -0.15) is 0 Å². The lowest BCUT2D eigenvalue weighted by Gasteiger charge is -2.11. The number of benzene rings is 1. The van der Waals surface area contributed by atoms with Gasteiger partial charge in [-0.05, 0) is 31.9 Å². The number of hydrogen-bond acceptors (Lipinski definition) is 5. The van der Waals surface area contributed by atoms with Gasteiger partial charge in [-0.25, -0.2) is 0 Å². The highest BCUT2D eigenvalue weighted by Crippen LogP contribution is 2.31. The number of nitrogens with one attached hydrogen (secondary N) is 1. The Labute approximate surface area is 139 Å². The van der Waals surface area contributed by atoms with Gasteiger partial charge in [-0.1, -0.05) is 23.9 Å². The van der Waals surface area contributed by atoms with Gasteiger partial charge in [-0.15, -0.1) is 10.2 Å². The Hall–Kier alpha value is -2.02. The molecular weight excluding hydrogens is 312 g/mol. The standard InChI is InChI=1S/C16H20N4O2S/c1-10(15(21)17-11-8-9-11)23-16-19-18-14(20(16)2)12-6-4-5-7-13(12)22-3/h4-7,10-11H,8-9H2,1-3H3,(H,17,21). The molecule has 0 aliphatic heterocycles. The van der Waals surface area contributed by atoms with E-state index < -0.39 is 0 Å². The minimum Gasteiger partial charge on any atom is -0.496 e. The molecule has 1 unspecified atom stereocenters. The van der Waals surface area contributed by atoms with Crippen molar-refractivity contribution in [2.24, 2.45) is 7.05 Å². The van der Waals surface area contributed by atoms with E-state index in [1.165, 1.54) is 11.8 Å². The molecule has 0 spiro atoms. The van der Waals surface area contributed by atoms with E-state index in [4.69, 9.17) is 4.74 Å². The van der Waals surface area contributed by atoms with Crippen LogP contribution >= 0.6 is 11.8 Å². The third kappa shape index (κ3) is 3.50. The zero-order chi connectivity index (χ0) is 16.4. The monoisotopic (exact) mass is 332 g/mol. The molecule has 1 aliphatic rings. The van der Waals surface area contributed by atoms with Gasteiger partial charge >= 0.3 is 0 Å². The molecule has 1 aromatic heterocycles. The van der Waals surface area contributed by atoms with Crippen LogP contribution in [-0.4, -0.2) is 39.1 Å². The summed E-state index contributed by atoms with van der Waals surface area (Å²) in [6.07, 6.45) is 2.18. The SMILES string of the molecule is COc1ccccc1-c1nnc(SC(C)C(=O)NC2CC2)n1C. The van der Waals surface area contributed by atoms with E-state index in [0.29, 0.717) is 11.2 Å². The first-order valence-electron chi connectivity index (χ1n) is 7.60. The van der Waals surface area contributed by atoms with E-state index in [1.54, 1.807) is 7.11 Å². The molecule has 1 aliphatic carbocycles. The zero-order valence-corrected chi connectivity index (χ0v) is 14.3. The number of para-hydroxylation sites is 1. The third-order valence-electron chi connectivity index (χ3n) is 3.76. The van der Waals surface area contributed by atoms with Gasteiger partial charge in [0.25, 0.3) is 0 Å².